The zero-order valence-corrected chi connectivity index (χ0v) is 9.25. The van der Waals surface area contributed by atoms with Crippen molar-refractivity contribution >= 4 is 22.4 Å². The maximum Gasteiger partial charge on any atom is 0.306 e. The van der Waals surface area contributed by atoms with Crippen molar-refractivity contribution in [1.82, 2.24) is 10.2 Å². The standard InChI is InChI=1S/C9H13N3O2S/c1-5-11-12-9(15-5)10-7-3-2-6(4-7)8(13)14/h6-7H,2-4H2,1H3,(H,10,12)(H,13,14)/t6-,7+/m0/s1. The Labute approximate surface area is 91.5 Å². The second-order valence-corrected chi connectivity index (χ2v) is 5.00. The molecule has 0 bridgehead atoms. The zero-order chi connectivity index (χ0) is 10.8. The lowest BCUT2D eigenvalue weighted by atomic mass is 10.1. The van der Waals surface area contributed by atoms with E-state index in [4.69, 9.17) is 5.11 Å². The first-order chi connectivity index (χ1) is 7.15. The highest BCUT2D eigenvalue weighted by Gasteiger charge is 2.29. The van der Waals surface area contributed by atoms with E-state index in [0.29, 0.717) is 6.42 Å². The van der Waals surface area contributed by atoms with Crippen LogP contribution in [-0.2, 0) is 4.79 Å². The Morgan fingerprint density at radius 1 is 1.53 bits per heavy atom. The SMILES string of the molecule is Cc1nnc(N[C@@H]2CC[C@H](C(=O)O)C2)s1. The third-order valence-electron chi connectivity index (χ3n) is 2.64. The lowest BCUT2D eigenvalue weighted by molar-refractivity contribution is -0.141. The van der Waals surface area contributed by atoms with Crippen molar-refractivity contribution < 1.29 is 9.90 Å². The average Bonchev–Trinajstić information content (AvgIpc) is 2.76. The highest BCUT2D eigenvalue weighted by atomic mass is 32.1. The van der Waals surface area contributed by atoms with Crippen LogP contribution in [0.2, 0.25) is 0 Å². The van der Waals surface area contributed by atoms with Gasteiger partial charge in [-0.05, 0) is 26.2 Å². The quantitative estimate of drug-likeness (QED) is 0.818. The molecule has 1 fully saturated rings. The minimum Gasteiger partial charge on any atom is -0.481 e. The topological polar surface area (TPSA) is 75.1 Å². The number of hydrogen-bond donors (Lipinski definition) is 2. The van der Waals surface area contributed by atoms with Crippen LogP contribution in [0.1, 0.15) is 24.3 Å². The smallest absolute Gasteiger partial charge is 0.306 e. The van der Waals surface area contributed by atoms with E-state index < -0.39 is 5.97 Å². The predicted octanol–water partition coefficient (Wildman–Crippen LogP) is 1.51. The normalized spacial score (nSPS) is 25.4. The van der Waals surface area contributed by atoms with E-state index in [1.807, 2.05) is 6.92 Å². The summed E-state index contributed by atoms with van der Waals surface area (Å²) in [6.45, 7) is 1.90. The molecule has 1 saturated carbocycles. The van der Waals surface area contributed by atoms with Crippen molar-refractivity contribution in [3.8, 4) is 0 Å². The van der Waals surface area contributed by atoms with Crippen LogP contribution in [0, 0.1) is 12.8 Å². The van der Waals surface area contributed by atoms with E-state index in [1.54, 1.807) is 0 Å². The van der Waals surface area contributed by atoms with Crippen LogP contribution >= 0.6 is 11.3 Å². The van der Waals surface area contributed by atoms with Gasteiger partial charge >= 0.3 is 5.97 Å². The number of carbonyl (C=O) groups is 1. The molecule has 82 valence electrons. The molecule has 0 saturated heterocycles. The van der Waals surface area contributed by atoms with Crippen LogP contribution in [-0.4, -0.2) is 27.3 Å². The molecule has 1 aromatic rings. The Morgan fingerprint density at radius 3 is 2.87 bits per heavy atom. The fourth-order valence-electron chi connectivity index (χ4n) is 1.87. The van der Waals surface area contributed by atoms with E-state index >= 15 is 0 Å². The maximum atomic E-state index is 10.8. The molecule has 2 N–H and O–H groups in total. The minimum absolute atomic E-state index is 0.198. The Morgan fingerprint density at radius 2 is 2.33 bits per heavy atom. The van der Waals surface area contributed by atoms with Crippen LogP contribution in [0.3, 0.4) is 0 Å². The molecule has 1 aromatic heterocycles. The van der Waals surface area contributed by atoms with Gasteiger partial charge in [0.15, 0.2) is 0 Å². The predicted molar refractivity (Wildman–Crippen MR) is 57.0 cm³/mol. The Bertz CT molecular complexity index is 366. The highest BCUT2D eigenvalue weighted by Crippen LogP contribution is 2.28. The van der Waals surface area contributed by atoms with Crippen molar-refractivity contribution in [2.75, 3.05) is 5.32 Å². The highest BCUT2D eigenvalue weighted by molar-refractivity contribution is 7.15. The summed E-state index contributed by atoms with van der Waals surface area (Å²) in [5.74, 6) is -0.885. The Kier molecular flexibility index (Phi) is 2.86. The summed E-state index contributed by atoms with van der Waals surface area (Å²) in [6.07, 6.45) is 2.34. The van der Waals surface area contributed by atoms with Crippen LogP contribution in [0.25, 0.3) is 0 Å². The molecule has 1 aliphatic rings. The molecule has 2 rings (SSSR count). The largest absolute Gasteiger partial charge is 0.481 e. The summed E-state index contributed by atoms with van der Waals surface area (Å²) < 4.78 is 0. The molecule has 6 heteroatoms. The summed E-state index contributed by atoms with van der Waals surface area (Å²) in [6, 6.07) is 0.235. The monoisotopic (exact) mass is 227 g/mol. The molecule has 0 aliphatic heterocycles. The van der Waals surface area contributed by atoms with Crippen LogP contribution in [0.15, 0.2) is 0 Å². The molecule has 0 aromatic carbocycles. The second kappa shape index (κ2) is 4.14. The van der Waals surface area contributed by atoms with Crippen LogP contribution in [0.5, 0.6) is 0 Å². The van der Waals surface area contributed by atoms with E-state index in [-0.39, 0.29) is 12.0 Å². The number of aryl methyl sites for hydroxylation is 1. The van der Waals surface area contributed by atoms with Crippen molar-refractivity contribution in [3.63, 3.8) is 0 Å². The number of aromatic nitrogens is 2. The number of rotatable bonds is 3. The van der Waals surface area contributed by atoms with Gasteiger partial charge in [-0.1, -0.05) is 11.3 Å². The van der Waals surface area contributed by atoms with Gasteiger partial charge in [0, 0.05) is 6.04 Å². The molecule has 0 unspecified atom stereocenters. The molecular weight excluding hydrogens is 214 g/mol. The fourth-order valence-corrected chi connectivity index (χ4v) is 2.54. The van der Waals surface area contributed by atoms with Crippen molar-refractivity contribution in [1.29, 1.82) is 0 Å². The number of anilines is 1. The van der Waals surface area contributed by atoms with Gasteiger partial charge in [-0.15, -0.1) is 10.2 Å². The summed E-state index contributed by atoms with van der Waals surface area (Å²) in [7, 11) is 0. The van der Waals surface area contributed by atoms with E-state index in [9.17, 15) is 4.79 Å². The van der Waals surface area contributed by atoms with Crippen molar-refractivity contribution in [2.45, 2.75) is 32.2 Å². The van der Waals surface area contributed by atoms with Crippen molar-refractivity contribution in [2.24, 2.45) is 5.92 Å². The second-order valence-electron chi connectivity index (χ2n) is 3.82. The molecule has 15 heavy (non-hydrogen) atoms. The van der Waals surface area contributed by atoms with Gasteiger partial charge < -0.3 is 10.4 Å². The summed E-state index contributed by atoms with van der Waals surface area (Å²) in [5.41, 5.74) is 0. The molecule has 1 aliphatic carbocycles. The van der Waals surface area contributed by atoms with Gasteiger partial charge in [-0.25, -0.2) is 0 Å². The average molecular weight is 227 g/mol. The number of hydrogen-bond acceptors (Lipinski definition) is 5. The van der Waals surface area contributed by atoms with Gasteiger partial charge in [0.25, 0.3) is 0 Å². The van der Waals surface area contributed by atoms with Gasteiger partial charge in [-0.2, -0.15) is 0 Å². The summed E-state index contributed by atoms with van der Waals surface area (Å²) >= 11 is 1.50. The molecule has 1 heterocycles. The number of carboxylic acid groups (broad SMARTS) is 1. The molecule has 0 radical (unpaired) electrons. The Hall–Kier alpha value is -1.17. The first-order valence-corrected chi connectivity index (χ1v) is 5.76. The minimum atomic E-state index is -0.687. The number of aliphatic carboxylic acids is 1. The first kappa shape index (κ1) is 10.4. The lowest BCUT2D eigenvalue weighted by Crippen LogP contribution is -2.17. The molecule has 2 atom stereocenters. The lowest BCUT2D eigenvalue weighted by Gasteiger charge is -2.09. The third-order valence-corrected chi connectivity index (χ3v) is 3.41. The summed E-state index contributed by atoms with van der Waals surface area (Å²) in [4.78, 5) is 10.8. The zero-order valence-electron chi connectivity index (χ0n) is 8.43. The van der Waals surface area contributed by atoms with Crippen LogP contribution < -0.4 is 5.32 Å². The third kappa shape index (κ3) is 2.44. The van der Waals surface area contributed by atoms with E-state index in [1.165, 1.54) is 11.3 Å². The maximum absolute atomic E-state index is 10.8. The number of nitrogens with one attached hydrogen (secondary N) is 1. The molecule has 0 spiro atoms. The fraction of sp³-hybridized carbons (Fsp3) is 0.667. The van der Waals surface area contributed by atoms with Gasteiger partial charge in [0.05, 0.1) is 5.92 Å². The summed E-state index contributed by atoms with van der Waals surface area (Å²) in [5, 5.41) is 21.7. The van der Waals surface area contributed by atoms with Crippen molar-refractivity contribution in [3.05, 3.63) is 5.01 Å². The van der Waals surface area contributed by atoms with Gasteiger partial charge in [0.1, 0.15) is 5.01 Å². The number of nitrogens with zero attached hydrogens (tertiary/aromatic N) is 2. The Balaban J connectivity index is 1.90. The first-order valence-electron chi connectivity index (χ1n) is 4.94. The molecular formula is C9H13N3O2S. The van der Waals surface area contributed by atoms with E-state index in [2.05, 4.69) is 15.5 Å². The van der Waals surface area contributed by atoms with E-state index in [0.717, 1.165) is 23.0 Å². The van der Waals surface area contributed by atoms with Gasteiger partial charge in [-0.3, -0.25) is 4.79 Å². The van der Waals surface area contributed by atoms with Crippen LogP contribution in [0.4, 0.5) is 5.13 Å². The van der Waals surface area contributed by atoms with Gasteiger partial charge in [0.2, 0.25) is 5.13 Å². The number of carboxylic acids is 1. The molecule has 5 nitrogen and oxygen atoms in total. The molecule has 0 amide bonds.